The van der Waals surface area contributed by atoms with Crippen molar-refractivity contribution in [1.29, 1.82) is 0 Å². The molecule has 0 spiro atoms. The molecular weight excluding hydrogens is 693 g/mol. The second kappa shape index (κ2) is 14.6. The molecule has 8 aromatic carbocycles. The molecule has 0 bridgehead atoms. The second-order valence-corrected chi connectivity index (χ2v) is 14.4. The molecule has 10 aromatic rings. The summed E-state index contributed by atoms with van der Waals surface area (Å²) in [7, 11) is 0. The summed E-state index contributed by atoms with van der Waals surface area (Å²) in [5, 5.41) is 4.79. The van der Waals surface area contributed by atoms with Crippen LogP contribution in [-0.4, -0.2) is 19.9 Å². The average Bonchev–Trinajstić information content (AvgIpc) is 3.28. The molecule has 0 aliphatic carbocycles. The van der Waals surface area contributed by atoms with Crippen LogP contribution in [0.15, 0.2) is 200 Å². The van der Waals surface area contributed by atoms with Gasteiger partial charge in [0.1, 0.15) is 0 Å². The molecule has 2 heterocycles. The Morgan fingerprint density at radius 2 is 0.737 bits per heavy atom. The standard InChI is InChI=1S/C53H36N4/c1-35-14-12-25-49(54-35)43-22-13-21-40(30-43)36-26-28-37(29-27-36)44-32-45(50-47-23-10-8-19-41(47)31-42-20-9-11-24-48(42)50)34-46(33-44)53-56-51(38-15-4-2-5-16-38)55-52(57-53)39-17-6-3-7-18-39/h2-34H,1H3. The van der Waals surface area contributed by atoms with Gasteiger partial charge in [-0.15, -0.1) is 0 Å². The molecule has 268 valence electrons. The molecule has 4 heteroatoms. The van der Waals surface area contributed by atoms with Gasteiger partial charge < -0.3 is 0 Å². The van der Waals surface area contributed by atoms with E-state index in [-0.39, 0.29) is 0 Å². The molecule has 0 atom stereocenters. The van der Waals surface area contributed by atoms with Crippen molar-refractivity contribution in [2.24, 2.45) is 0 Å². The zero-order valence-corrected chi connectivity index (χ0v) is 31.3. The highest BCUT2D eigenvalue weighted by atomic mass is 15.0. The summed E-state index contributed by atoms with van der Waals surface area (Å²) >= 11 is 0. The molecule has 0 fully saturated rings. The van der Waals surface area contributed by atoms with Gasteiger partial charge in [0.25, 0.3) is 0 Å². The third-order valence-corrected chi connectivity index (χ3v) is 10.5. The molecule has 10 rings (SSSR count). The Bertz CT molecular complexity index is 2950. The van der Waals surface area contributed by atoms with Gasteiger partial charge in [0.15, 0.2) is 17.5 Å². The zero-order valence-electron chi connectivity index (χ0n) is 31.3. The van der Waals surface area contributed by atoms with Crippen LogP contribution in [0.2, 0.25) is 0 Å². The lowest BCUT2D eigenvalue weighted by atomic mass is 9.89. The molecule has 0 aliphatic heterocycles. The third-order valence-electron chi connectivity index (χ3n) is 10.5. The smallest absolute Gasteiger partial charge is 0.164 e. The number of aryl methyl sites for hydroxylation is 1. The van der Waals surface area contributed by atoms with E-state index in [4.69, 9.17) is 19.9 Å². The van der Waals surface area contributed by atoms with Gasteiger partial charge in [-0.2, -0.15) is 0 Å². The number of aromatic nitrogens is 4. The number of hydrogen-bond acceptors (Lipinski definition) is 4. The van der Waals surface area contributed by atoms with Crippen molar-refractivity contribution < 1.29 is 0 Å². The van der Waals surface area contributed by atoms with Crippen molar-refractivity contribution in [2.75, 3.05) is 0 Å². The summed E-state index contributed by atoms with van der Waals surface area (Å²) in [4.78, 5) is 20.1. The predicted molar refractivity (Wildman–Crippen MR) is 235 cm³/mol. The first-order valence-corrected chi connectivity index (χ1v) is 19.2. The van der Waals surface area contributed by atoms with Gasteiger partial charge >= 0.3 is 0 Å². The maximum Gasteiger partial charge on any atom is 0.164 e. The van der Waals surface area contributed by atoms with Crippen LogP contribution in [-0.2, 0) is 0 Å². The first-order chi connectivity index (χ1) is 28.1. The number of rotatable bonds is 7. The van der Waals surface area contributed by atoms with Crippen LogP contribution in [0.5, 0.6) is 0 Å². The fraction of sp³-hybridized carbons (Fsp3) is 0.0189. The van der Waals surface area contributed by atoms with E-state index in [1.165, 1.54) is 27.1 Å². The average molecular weight is 729 g/mol. The van der Waals surface area contributed by atoms with Crippen LogP contribution in [0.1, 0.15) is 5.69 Å². The predicted octanol–water partition coefficient (Wildman–Crippen LogP) is 13.6. The van der Waals surface area contributed by atoms with E-state index in [1.54, 1.807) is 0 Å². The minimum atomic E-state index is 0.619. The second-order valence-electron chi connectivity index (χ2n) is 14.4. The van der Waals surface area contributed by atoms with Crippen molar-refractivity contribution in [3.63, 3.8) is 0 Å². The van der Waals surface area contributed by atoms with Crippen LogP contribution in [0, 0.1) is 6.92 Å². The summed E-state index contributed by atoms with van der Waals surface area (Å²) < 4.78 is 0. The molecule has 57 heavy (non-hydrogen) atoms. The molecule has 2 aromatic heterocycles. The van der Waals surface area contributed by atoms with Gasteiger partial charge in [-0.25, -0.2) is 15.0 Å². The van der Waals surface area contributed by atoms with Crippen LogP contribution in [0.25, 0.3) is 100 Å². The van der Waals surface area contributed by atoms with Crippen LogP contribution in [0.3, 0.4) is 0 Å². The summed E-state index contributed by atoms with van der Waals surface area (Å²) in [6, 6.07) is 70.3. The number of benzene rings is 8. The van der Waals surface area contributed by atoms with E-state index in [9.17, 15) is 0 Å². The molecule has 0 N–H and O–H groups in total. The quantitative estimate of drug-likeness (QED) is 0.153. The van der Waals surface area contributed by atoms with Gasteiger partial charge in [0, 0.05) is 27.9 Å². The maximum atomic E-state index is 5.16. The number of pyridine rings is 1. The first kappa shape index (κ1) is 34.0. The Kier molecular flexibility index (Phi) is 8.69. The van der Waals surface area contributed by atoms with E-state index < -0.39 is 0 Å². The summed E-state index contributed by atoms with van der Waals surface area (Å²) in [5.41, 5.74) is 12.6. The summed E-state index contributed by atoms with van der Waals surface area (Å²) in [6.07, 6.45) is 0. The minimum absolute atomic E-state index is 0.619. The highest BCUT2D eigenvalue weighted by molar-refractivity contribution is 6.13. The Morgan fingerprint density at radius 3 is 1.35 bits per heavy atom. The van der Waals surface area contributed by atoms with Crippen molar-refractivity contribution in [3.05, 3.63) is 206 Å². The van der Waals surface area contributed by atoms with Gasteiger partial charge in [0.05, 0.1) is 5.69 Å². The van der Waals surface area contributed by atoms with Crippen molar-refractivity contribution in [1.82, 2.24) is 19.9 Å². The van der Waals surface area contributed by atoms with Gasteiger partial charge in [-0.1, -0.05) is 158 Å². The number of fused-ring (bicyclic) bond motifs is 2. The van der Waals surface area contributed by atoms with Crippen molar-refractivity contribution in [3.8, 4) is 78.8 Å². The Hall–Kier alpha value is -7.56. The van der Waals surface area contributed by atoms with Crippen LogP contribution >= 0.6 is 0 Å². The summed E-state index contributed by atoms with van der Waals surface area (Å²) in [5.74, 6) is 1.89. The topological polar surface area (TPSA) is 51.6 Å². The van der Waals surface area contributed by atoms with Crippen molar-refractivity contribution in [2.45, 2.75) is 6.92 Å². The Labute approximate surface area is 331 Å². The molecule has 0 unspecified atom stereocenters. The highest BCUT2D eigenvalue weighted by Gasteiger charge is 2.17. The molecular formula is C53H36N4. The lowest BCUT2D eigenvalue weighted by Crippen LogP contribution is -2.00. The number of nitrogens with zero attached hydrogens (tertiary/aromatic N) is 4. The van der Waals surface area contributed by atoms with Crippen LogP contribution in [0.4, 0.5) is 0 Å². The highest BCUT2D eigenvalue weighted by Crippen LogP contribution is 2.40. The Balaban J connectivity index is 1.17. The molecule has 0 saturated heterocycles. The lowest BCUT2D eigenvalue weighted by molar-refractivity contribution is 1.07. The fourth-order valence-electron chi connectivity index (χ4n) is 7.75. The first-order valence-electron chi connectivity index (χ1n) is 19.2. The Morgan fingerprint density at radius 1 is 0.281 bits per heavy atom. The fourth-order valence-corrected chi connectivity index (χ4v) is 7.75. The van der Waals surface area contributed by atoms with Gasteiger partial charge in [-0.05, 0) is 104 Å². The normalized spacial score (nSPS) is 11.2. The number of hydrogen-bond donors (Lipinski definition) is 0. The molecule has 0 saturated carbocycles. The molecule has 4 nitrogen and oxygen atoms in total. The van der Waals surface area contributed by atoms with E-state index in [0.717, 1.165) is 61.5 Å². The summed E-state index contributed by atoms with van der Waals surface area (Å²) in [6.45, 7) is 2.03. The van der Waals surface area contributed by atoms with Crippen molar-refractivity contribution >= 4 is 21.5 Å². The van der Waals surface area contributed by atoms with Gasteiger partial charge in [-0.3, -0.25) is 4.98 Å². The van der Waals surface area contributed by atoms with Crippen LogP contribution < -0.4 is 0 Å². The SMILES string of the molecule is Cc1cccc(-c2cccc(-c3ccc(-c4cc(-c5nc(-c6ccccc6)nc(-c6ccccc6)n5)cc(-c5c6ccccc6cc6ccccc56)c4)cc3)c2)n1. The van der Waals surface area contributed by atoms with E-state index in [0.29, 0.717) is 17.5 Å². The molecule has 0 amide bonds. The molecule has 0 aliphatic rings. The zero-order chi connectivity index (χ0) is 38.1. The van der Waals surface area contributed by atoms with E-state index in [1.807, 2.05) is 73.7 Å². The van der Waals surface area contributed by atoms with Gasteiger partial charge in [0.2, 0.25) is 0 Å². The monoisotopic (exact) mass is 728 g/mol. The minimum Gasteiger partial charge on any atom is -0.253 e. The van der Waals surface area contributed by atoms with E-state index >= 15 is 0 Å². The third kappa shape index (κ3) is 6.75. The lowest BCUT2D eigenvalue weighted by Gasteiger charge is -2.16. The molecule has 0 radical (unpaired) electrons. The van der Waals surface area contributed by atoms with E-state index in [2.05, 4.69) is 133 Å². The largest absolute Gasteiger partial charge is 0.253 e. The maximum absolute atomic E-state index is 5.16.